The van der Waals surface area contributed by atoms with Gasteiger partial charge in [-0.3, -0.25) is 35.0 Å². The summed E-state index contributed by atoms with van der Waals surface area (Å²) in [5, 5.41) is 7.76. The third kappa shape index (κ3) is 4.52. The number of H-pyrrole nitrogens is 1. The molecular weight excluding hydrogens is 470 g/mol. The minimum absolute atomic E-state index is 0.0515. The average molecular weight is 496 g/mol. The molecule has 2 amide bonds. The monoisotopic (exact) mass is 495 g/mol. The fraction of sp³-hybridized carbons (Fsp3) is 0.148. The highest BCUT2D eigenvalue weighted by Gasteiger charge is 2.21. The molecular formula is C27H25N7O3. The normalized spacial score (nSPS) is 11.0. The molecule has 0 aliphatic carbocycles. The van der Waals surface area contributed by atoms with Gasteiger partial charge in [-0.05, 0) is 37.1 Å². The van der Waals surface area contributed by atoms with Crippen LogP contribution in [0.3, 0.4) is 0 Å². The number of benzene rings is 2. The first kappa shape index (κ1) is 23.7. The lowest BCUT2D eigenvalue weighted by molar-refractivity contribution is -0.121. The van der Waals surface area contributed by atoms with E-state index in [2.05, 4.69) is 26.0 Å². The second-order valence-corrected chi connectivity index (χ2v) is 8.72. The number of carbonyl (C=O) groups is 2. The van der Waals surface area contributed by atoms with Crippen molar-refractivity contribution in [1.82, 2.24) is 35.4 Å². The van der Waals surface area contributed by atoms with Crippen molar-refractivity contribution in [2.75, 3.05) is 0 Å². The van der Waals surface area contributed by atoms with Crippen LogP contribution in [0.4, 0.5) is 0 Å². The number of amides is 2. The molecule has 3 N–H and O–H groups in total. The SMILES string of the molecule is Cc1nc2c(c(C)c1CC(=O)NNC(=O)c1cn(-c3ccccc3)nc1-c1ccccc1)c(=O)[nH]n2C. The smallest absolute Gasteiger partial charge is 0.273 e. The van der Waals surface area contributed by atoms with Crippen molar-refractivity contribution in [3.05, 3.63) is 99.6 Å². The number of nitrogens with one attached hydrogen (secondary N) is 3. The van der Waals surface area contributed by atoms with Gasteiger partial charge < -0.3 is 0 Å². The molecule has 3 heterocycles. The van der Waals surface area contributed by atoms with Crippen LogP contribution in [0.2, 0.25) is 0 Å². The number of aromatic amines is 1. The van der Waals surface area contributed by atoms with Gasteiger partial charge in [0.25, 0.3) is 11.5 Å². The molecule has 0 fully saturated rings. The van der Waals surface area contributed by atoms with Gasteiger partial charge in [-0.2, -0.15) is 5.10 Å². The predicted octanol–water partition coefficient (Wildman–Crippen LogP) is 2.73. The van der Waals surface area contributed by atoms with Gasteiger partial charge in [0, 0.05) is 24.5 Å². The van der Waals surface area contributed by atoms with E-state index in [1.165, 1.54) is 0 Å². The lowest BCUT2D eigenvalue weighted by Crippen LogP contribution is -2.42. The maximum Gasteiger partial charge on any atom is 0.273 e. The van der Waals surface area contributed by atoms with Crippen LogP contribution in [0, 0.1) is 13.8 Å². The fourth-order valence-electron chi connectivity index (χ4n) is 4.37. The summed E-state index contributed by atoms with van der Waals surface area (Å²) in [7, 11) is 1.71. The number of nitrogens with zero attached hydrogens (tertiary/aromatic N) is 4. The third-order valence-corrected chi connectivity index (χ3v) is 6.26. The van der Waals surface area contributed by atoms with E-state index in [9.17, 15) is 14.4 Å². The molecule has 0 radical (unpaired) electrons. The molecule has 37 heavy (non-hydrogen) atoms. The summed E-state index contributed by atoms with van der Waals surface area (Å²) >= 11 is 0. The zero-order valence-corrected chi connectivity index (χ0v) is 20.6. The molecule has 0 unspecified atom stereocenters. The molecule has 0 aliphatic heterocycles. The summed E-state index contributed by atoms with van der Waals surface area (Å²) in [5.74, 6) is -0.944. The number of hydrogen-bond donors (Lipinski definition) is 3. The van der Waals surface area contributed by atoms with Crippen LogP contribution in [0.5, 0.6) is 0 Å². The van der Waals surface area contributed by atoms with Crippen LogP contribution in [0.25, 0.3) is 28.0 Å². The van der Waals surface area contributed by atoms with Crippen molar-refractivity contribution in [3.8, 4) is 16.9 Å². The van der Waals surface area contributed by atoms with Crippen molar-refractivity contribution in [3.63, 3.8) is 0 Å². The van der Waals surface area contributed by atoms with Gasteiger partial charge in [0.15, 0.2) is 5.65 Å². The Bertz CT molecular complexity index is 1680. The first-order chi connectivity index (χ1) is 17.8. The molecule has 0 saturated heterocycles. The number of aryl methyl sites for hydroxylation is 3. The Balaban J connectivity index is 1.37. The molecule has 5 aromatic rings. The first-order valence-corrected chi connectivity index (χ1v) is 11.7. The molecule has 0 spiro atoms. The Morgan fingerprint density at radius 3 is 2.35 bits per heavy atom. The highest BCUT2D eigenvalue weighted by molar-refractivity contribution is 6.00. The van der Waals surface area contributed by atoms with Crippen molar-refractivity contribution >= 4 is 22.8 Å². The molecule has 3 aromatic heterocycles. The van der Waals surface area contributed by atoms with Gasteiger partial charge in [-0.1, -0.05) is 48.5 Å². The van der Waals surface area contributed by atoms with Gasteiger partial charge in [0.1, 0.15) is 5.69 Å². The Labute approximate surface area is 211 Å². The Morgan fingerprint density at radius 1 is 0.973 bits per heavy atom. The average Bonchev–Trinajstić information content (AvgIpc) is 3.47. The summed E-state index contributed by atoms with van der Waals surface area (Å²) < 4.78 is 3.19. The summed E-state index contributed by atoms with van der Waals surface area (Å²) in [6.07, 6.45) is 1.58. The van der Waals surface area contributed by atoms with E-state index in [0.717, 1.165) is 11.3 Å². The van der Waals surface area contributed by atoms with Crippen LogP contribution in [-0.4, -0.2) is 36.4 Å². The van der Waals surface area contributed by atoms with E-state index >= 15 is 0 Å². The maximum atomic E-state index is 13.2. The van der Waals surface area contributed by atoms with Gasteiger partial charge in [0.2, 0.25) is 5.91 Å². The summed E-state index contributed by atoms with van der Waals surface area (Å²) in [6, 6.07) is 18.8. The topological polar surface area (TPSA) is 127 Å². The summed E-state index contributed by atoms with van der Waals surface area (Å²) in [6.45, 7) is 3.58. The Morgan fingerprint density at radius 2 is 1.65 bits per heavy atom. The zero-order chi connectivity index (χ0) is 26.1. The number of para-hydroxylation sites is 1. The number of carbonyl (C=O) groups excluding carboxylic acids is 2. The van der Waals surface area contributed by atoms with Gasteiger partial charge in [-0.15, -0.1) is 0 Å². The van der Waals surface area contributed by atoms with Gasteiger partial charge in [0.05, 0.1) is 23.1 Å². The van der Waals surface area contributed by atoms with Crippen molar-refractivity contribution in [2.24, 2.45) is 7.05 Å². The van der Waals surface area contributed by atoms with E-state index in [-0.39, 0.29) is 12.0 Å². The van der Waals surface area contributed by atoms with Crippen LogP contribution in [-0.2, 0) is 18.3 Å². The summed E-state index contributed by atoms with van der Waals surface area (Å²) in [4.78, 5) is 42.7. The lowest BCUT2D eigenvalue weighted by atomic mass is 10.0. The van der Waals surface area contributed by atoms with E-state index < -0.39 is 11.8 Å². The van der Waals surface area contributed by atoms with Crippen molar-refractivity contribution < 1.29 is 9.59 Å². The standard InChI is InChI=1S/C27H25N7O3/c1-16-20(17(2)28-25-23(16)27(37)32-33(25)3)14-22(35)29-30-26(36)21-15-34(19-12-8-5-9-13-19)31-24(21)18-10-6-4-7-11-18/h4-13,15H,14H2,1-3H3,(H,29,35)(H,30,36)(H,32,37). The van der Waals surface area contributed by atoms with Gasteiger partial charge >= 0.3 is 0 Å². The molecule has 186 valence electrons. The van der Waals surface area contributed by atoms with E-state index in [1.54, 1.807) is 36.5 Å². The number of rotatable bonds is 5. The highest BCUT2D eigenvalue weighted by Crippen LogP contribution is 2.24. The minimum Gasteiger partial charge on any atom is -0.273 e. The molecule has 2 aromatic carbocycles. The van der Waals surface area contributed by atoms with Crippen LogP contribution in [0.15, 0.2) is 71.7 Å². The molecule has 0 aliphatic rings. The number of pyridine rings is 1. The number of hydrogen-bond acceptors (Lipinski definition) is 5. The third-order valence-electron chi connectivity index (χ3n) is 6.26. The number of aromatic nitrogens is 5. The molecule has 5 rings (SSSR count). The summed E-state index contributed by atoms with van der Waals surface area (Å²) in [5.41, 5.74) is 9.57. The molecule has 10 heteroatoms. The molecule has 0 atom stereocenters. The van der Waals surface area contributed by atoms with Crippen LogP contribution < -0.4 is 16.4 Å². The molecule has 0 bridgehead atoms. The highest BCUT2D eigenvalue weighted by atomic mass is 16.2. The number of fused-ring (bicyclic) bond motifs is 1. The fourth-order valence-corrected chi connectivity index (χ4v) is 4.37. The lowest BCUT2D eigenvalue weighted by Gasteiger charge is -2.11. The maximum absolute atomic E-state index is 13.2. The van der Waals surface area contributed by atoms with Crippen molar-refractivity contribution in [2.45, 2.75) is 20.3 Å². The quantitative estimate of drug-likeness (QED) is 0.323. The van der Waals surface area contributed by atoms with E-state index in [4.69, 9.17) is 0 Å². The zero-order valence-electron chi connectivity index (χ0n) is 20.6. The molecule has 10 nitrogen and oxygen atoms in total. The second-order valence-electron chi connectivity index (χ2n) is 8.72. The Kier molecular flexibility index (Phi) is 6.14. The van der Waals surface area contributed by atoms with E-state index in [0.29, 0.717) is 39.1 Å². The Hall–Kier alpha value is -4.99. The first-order valence-electron chi connectivity index (χ1n) is 11.7. The van der Waals surface area contributed by atoms with Crippen molar-refractivity contribution in [1.29, 1.82) is 0 Å². The van der Waals surface area contributed by atoms with Crippen LogP contribution in [0.1, 0.15) is 27.2 Å². The predicted molar refractivity (Wildman–Crippen MR) is 139 cm³/mol. The largest absolute Gasteiger partial charge is 0.273 e. The molecule has 0 saturated carbocycles. The van der Waals surface area contributed by atoms with Crippen LogP contribution >= 0.6 is 0 Å². The van der Waals surface area contributed by atoms with E-state index in [1.807, 2.05) is 60.7 Å². The number of hydrazine groups is 1. The second kappa shape index (κ2) is 9.57. The minimum atomic E-state index is -0.504. The van der Waals surface area contributed by atoms with Gasteiger partial charge in [-0.25, -0.2) is 9.67 Å².